The van der Waals surface area contributed by atoms with Crippen molar-refractivity contribution in [3.05, 3.63) is 40.6 Å². The molecular weight excluding hydrogens is 266 g/mol. The molecule has 0 spiro atoms. The van der Waals surface area contributed by atoms with Crippen LogP contribution < -0.4 is 4.90 Å². The zero-order valence-corrected chi connectivity index (χ0v) is 11.5. The van der Waals surface area contributed by atoms with E-state index < -0.39 is 12.0 Å². The zero-order valence-electron chi connectivity index (χ0n) is 10.8. The van der Waals surface area contributed by atoms with Crippen molar-refractivity contribution in [1.29, 1.82) is 0 Å². The fraction of sp³-hybridized carbons (Fsp3) is 0.286. The van der Waals surface area contributed by atoms with Crippen LogP contribution in [0.1, 0.15) is 26.7 Å². The van der Waals surface area contributed by atoms with Gasteiger partial charge in [-0.15, -0.1) is 0 Å². The molecule has 1 aliphatic rings. The van der Waals surface area contributed by atoms with Crippen LogP contribution in [0.2, 0.25) is 5.02 Å². The lowest BCUT2D eigenvalue weighted by Crippen LogP contribution is -2.28. The van der Waals surface area contributed by atoms with Crippen LogP contribution in [0.4, 0.5) is 10.5 Å². The average Bonchev–Trinajstić information content (AvgIpc) is 2.68. The van der Waals surface area contributed by atoms with Crippen molar-refractivity contribution in [2.24, 2.45) is 0 Å². The normalized spacial score (nSPS) is 14.9. The molecule has 0 aliphatic carbocycles. The minimum absolute atomic E-state index is 0.157. The summed E-state index contributed by atoms with van der Waals surface area (Å²) in [6.45, 7) is 3.86. The number of nitrogens with zero attached hydrogens (tertiary/aromatic N) is 1. The molecule has 1 aliphatic heterocycles. The Morgan fingerprint density at radius 3 is 2.26 bits per heavy atom. The first-order valence-corrected chi connectivity index (χ1v) is 6.50. The second kappa shape index (κ2) is 5.45. The van der Waals surface area contributed by atoms with E-state index in [1.54, 1.807) is 24.3 Å². The van der Waals surface area contributed by atoms with E-state index in [2.05, 4.69) is 0 Å². The van der Waals surface area contributed by atoms with E-state index in [0.29, 0.717) is 23.6 Å². The number of ether oxygens (including phenoxy) is 1. The predicted molar refractivity (Wildman–Crippen MR) is 73.0 cm³/mol. The first-order chi connectivity index (χ1) is 9.08. The quantitative estimate of drug-likeness (QED) is 0.789. The summed E-state index contributed by atoms with van der Waals surface area (Å²) in [6, 6.07) is 6.48. The zero-order chi connectivity index (χ0) is 14.0. The van der Waals surface area contributed by atoms with E-state index >= 15 is 0 Å². The number of benzene rings is 1. The van der Waals surface area contributed by atoms with Gasteiger partial charge in [-0.05, 0) is 42.7 Å². The molecule has 19 heavy (non-hydrogen) atoms. The van der Waals surface area contributed by atoms with Crippen LogP contribution in [0.25, 0.3) is 0 Å². The molecule has 1 aromatic carbocycles. The number of hydrogen-bond acceptors (Lipinski definition) is 3. The first kappa shape index (κ1) is 13.6. The summed E-state index contributed by atoms with van der Waals surface area (Å²) >= 11 is 5.79. The summed E-state index contributed by atoms with van der Waals surface area (Å²) < 4.78 is 5.10. The van der Waals surface area contributed by atoms with Crippen molar-refractivity contribution >= 4 is 29.3 Å². The highest BCUT2D eigenvalue weighted by Crippen LogP contribution is 2.29. The summed E-state index contributed by atoms with van der Waals surface area (Å²) in [4.78, 5) is 25.1. The summed E-state index contributed by atoms with van der Waals surface area (Å²) in [5.74, 6) is -0.254. The van der Waals surface area contributed by atoms with Crippen molar-refractivity contribution in [3.63, 3.8) is 0 Å². The fourth-order valence-corrected chi connectivity index (χ4v) is 2.09. The number of carbonyl (C=O) groups excluding carboxylic acids is 2. The fourth-order valence-electron chi connectivity index (χ4n) is 1.97. The first-order valence-electron chi connectivity index (χ1n) is 6.12. The van der Waals surface area contributed by atoms with E-state index in [4.69, 9.17) is 16.3 Å². The van der Waals surface area contributed by atoms with Gasteiger partial charge in [0.1, 0.15) is 0 Å². The van der Waals surface area contributed by atoms with Gasteiger partial charge in [0.25, 0.3) is 0 Å². The molecule has 0 aromatic heterocycles. The Morgan fingerprint density at radius 1 is 1.16 bits per heavy atom. The average molecular weight is 280 g/mol. The monoisotopic (exact) mass is 279 g/mol. The number of cyclic esters (lactones) is 1. The largest absolute Gasteiger partial charge is 0.427 e. The van der Waals surface area contributed by atoms with Gasteiger partial charge in [-0.1, -0.05) is 25.4 Å². The number of carbonyl (C=O) groups is 2. The number of halogens is 1. The van der Waals surface area contributed by atoms with Gasteiger partial charge in [-0.3, -0.25) is 4.79 Å². The maximum atomic E-state index is 12.2. The van der Waals surface area contributed by atoms with Crippen molar-refractivity contribution in [1.82, 2.24) is 0 Å². The minimum atomic E-state index is -0.665. The topological polar surface area (TPSA) is 46.6 Å². The highest BCUT2D eigenvalue weighted by atomic mass is 35.5. The number of allylic oxidation sites excluding steroid dienone is 1. The molecule has 0 bridgehead atoms. The Morgan fingerprint density at radius 2 is 1.74 bits per heavy atom. The minimum Gasteiger partial charge on any atom is -0.404 e. The smallest absolute Gasteiger partial charge is 0.404 e. The molecule has 0 atom stereocenters. The summed E-state index contributed by atoms with van der Waals surface area (Å²) in [7, 11) is 0. The van der Waals surface area contributed by atoms with Gasteiger partial charge in [0, 0.05) is 5.02 Å². The van der Waals surface area contributed by atoms with Gasteiger partial charge in [-0.2, -0.15) is 0 Å². The summed E-state index contributed by atoms with van der Waals surface area (Å²) in [5.41, 5.74) is 1.30. The Balaban J connectivity index is 2.39. The van der Waals surface area contributed by atoms with Crippen molar-refractivity contribution in [2.45, 2.75) is 26.7 Å². The second-order valence-corrected chi connectivity index (χ2v) is 4.56. The van der Waals surface area contributed by atoms with Crippen LogP contribution in [0, 0.1) is 0 Å². The molecule has 4 nitrogen and oxygen atoms in total. The van der Waals surface area contributed by atoms with Gasteiger partial charge in [-0.25, -0.2) is 9.69 Å². The van der Waals surface area contributed by atoms with Crippen molar-refractivity contribution in [2.75, 3.05) is 4.90 Å². The van der Waals surface area contributed by atoms with Gasteiger partial charge in [0.05, 0.1) is 5.69 Å². The summed E-state index contributed by atoms with van der Waals surface area (Å²) in [5, 5.41) is 0.544. The number of amides is 2. The number of imide groups is 1. The van der Waals surface area contributed by atoms with Gasteiger partial charge >= 0.3 is 12.0 Å². The maximum absolute atomic E-state index is 12.2. The van der Waals surface area contributed by atoms with Crippen LogP contribution in [-0.2, 0) is 9.53 Å². The summed E-state index contributed by atoms with van der Waals surface area (Å²) in [6.07, 6.45) is 0.695. The number of rotatable bonds is 3. The molecule has 2 rings (SSSR count). The van der Waals surface area contributed by atoms with Crippen molar-refractivity contribution < 1.29 is 14.3 Å². The van der Waals surface area contributed by atoms with E-state index in [0.717, 1.165) is 10.5 Å². The van der Waals surface area contributed by atoms with Gasteiger partial charge in [0.2, 0.25) is 0 Å². The highest BCUT2D eigenvalue weighted by Gasteiger charge is 2.39. The Labute approximate surface area is 116 Å². The molecule has 5 heteroatoms. The Bertz CT molecular complexity index is 542. The molecule has 2 amide bonds. The maximum Gasteiger partial charge on any atom is 0.427 e. The lowest BCUT2D eigenvalue weighted by Gasteiger charge is -2.09. The molecule has 0 unspecified atom stereocenters. The second-order valence-electron chi connectivity index (χ2n) is 4.12. The molecule has 1 fully saturated rings. The highest BCUT2D eigenvalue weighted by molar-refractivity contribution is 6.31. The third-order valence-corrected chi connectivity index (χ3v) is 3.28. The molecule has 0 saturated carbocycles. The lowest BCUT2D eigenvalue weighted by atomic mass is 10.1. The molecular formula is C14H14ClNO3. The van der Waals surface area contributed by atoms with E-state index in [1.165, 1.54) is 0 Å². The molecule has 0 N–H and O–H groups in total. The molecule has 0 radical (unpaired) electrons. The Hall–Kier alpha value is -1.81. The van der Waals surface area contributed by atoms with E-state index in [1.807, 2.05) is 13.8 Å². The number of anilines is 1. The van der Waals surface area contributed by atoms with Crippen LogP contribution in [0.15, 0.2) is 35.6 Å². The molecule has 1 heterocycles. The van der Waals surface area contributed by atoms with E-state index in [-0.39, 0.29) is 5.76 Å². The third kappa shape index (κ3) is 2.49. The molecule has 1 saturated heterocycles. The Kier molecular flexibility index (Phi) is 3.90. The van der Waals surface area contributed by atoms with Crippen LogP contribution in [-0.4, -0.2) is 12.0 Å². The van der Waals surface area contributed by atoms with Gasteiger partial charge in [0.15, 0.2) is 5.76 Å². The van der Waals surface area contributed by atoms with E-state index in [9.17, 15) is 9.59 Å². The molecule has 100 valence electrons. The van der Waals surface area contributed by atoms with Crippen LogP contribution in [0.3, 0.4) is 0 Å². The number of hydrogen-bond donors (Lipinski definition) is 0. The third-order valence-electron chi connectivity index (χ3n) is 3.03. The predicted octanol–water partition coefficient (Wildman–Crippen LogP) is 3.90. The standard InChI is InChI=1S/C14H14ClNO3/c1-3-9(4-2)12-13(17)16(14(18)19-12)11-7-5-10(15)6-8-11/h5-8H,3-4H2,1-2H3. The molecule has 1 aromatic rings. The van der Waals surface area contributed by atoms with Crippen molar-refractivity contribution in [3.8, 4) is 0 Å². The lowest BCUT2D eigenvalue weighted by molar-refractivity contribution is -0.114. The SMILES string of the molecule is CCC(CC)=C1OC(=O)N(c2ccc(Cl)cc2)C1=O. The van der Waals surface area contributed by atoms with Crippen LogP contribution in [0.5, 0.6) is 0 Å². The van der Waals surface area contributed by atoms with Crippen LogP contribution >= 0.6 is 11.6 Å². The van der Waals surface area contributed by atoms with Gasteiger partial charge < -0.3 is 4.74 Å².